The first-order chi connectivity index (χ1) is 13.3. The van der Waals surface area contributed by atoms with Gasteiger partial charge in [0.1, 0.15) is 5.82 Å². The number of amides is 1. The number of halogens is 4. The van der Waals surface area contributed by atoms with Crippen LogP contribution in [-0.4, -0.2) is 37.1 Å². The largest absolute Gasteiger partial charge is 0.417 e. The van der Waals surface area contributed by atoms with Crippen molar-refractivity contribution in [2.45, 2.75) is 16.0 Å². The van der Waals surface area contributed by atoms with Gasteiger partial charge in [0.25, 0.3) is 0 Å². The Morgan fingerprint density at radius 1 is 1.04 bits per heavy atom. The summed E-state index contributed by atoms with van der Waals surface area (Å²) in [5.41, 5.74) is -0.914. The summed E-state index contributed by atoms with van der Waals surface area (Å²) < 4.78 is 58.6. The Kier molecular flexibility index (Phi) is 6.41. The smallest absolute Gasteiger partial charge is 0.378 e. The summed E-state index contributed by atoms with van der Waals surface area (Å²) in [5.74, 6) is -0.757. The van der Waals surface area contributed by atoms with Gasteiger partial charge in [-0.25, -0.2) is 4.39 Å². The lowest BCUT2D eigenvalue weighted by Crippen LogP contribution is -2.39. The molecule has 1 aliphatic rings. The zero-order valence-electron chi connectivity index (χ0n) is 14.7. The minimum atomic E-state index is -4.57. The molecule has 3 nitrogen and oxygen atoms in total. The molecule has 0 bridgehead atoms. The fraction of sp³-hybridized carbons (Fsp3) is 0.250. The molecule has 0 aromatic heterocycles. The Morgan fingerprint density at radius 2 is 1.68 bits per heavy atom. The van der Waals surface area contributed by atoms with Crippen LogP contribution in [0, 0.1) is 5.82 Å². The number of hydrogen-bond donors (Lipinski definition) is 0. The molecule has 0 spiro atoms. The Morgan fingerprint density at radius 3 is 2.32 bits per heavy atom. The second kappa shape index (κ2) is 8.79. The second-order valence-corrected chi connectivity index (χ2v) is 7.22. The molecule has 0 aliphatic carbocycles. The van der Waals surface area contributed by atoms with Crippen LogP contribution in [0.5, 0.6) is 0 Å². The average molecular weight is 411 g/mol. The molecule has 0 saturated carbocycles. The van der Waals surface area contributed by atoms with Gasteiger partial charge in [0.15, 0.2) is 0 Å². The highest BCUT2D eigenvalue weighted by atomic mass is 32.2. The Hall–Kier alpha value is -2.32. The van der Waals surface area contributed by atoms with Gasteiger partial charge in [-0.2, -0.15) is 13.2 Å². The fourth-order valence-corrected chi connectivity index (χ4v) is 3.54. The highest BCUT2D eigenvalue weighted by Crippen LogP contribution is 2.37. The van der Waals surface area contributed by atoms with E-state index in [1.165, 1.54) is 41.3 Å². The van der Waals surface area contributed by atoms with Crippen molar-refractivity contribution >= 4 is 23.7 Å². The van der Waals surface area contributed by atoms with E-state index in [4.69, 9.17) is 4.74 Å². The zero-order chi connectivity index (χ0) is 20.1. The SMILES string of the molecule is O=C(/C=C/c1ccc(Sc2ccc(F)cc2)cc1C(F)(F)F)N1CCOCC1. The van der Waals surface area contributed by atoms with Crippen LogP contribution in [-0.2, 0) is 15.7 Å². The molecule has 0 atom stereocenters. The van der Waals surface area contributed by atoms with E-state index < -0.39 is 17.6 Å². The number of ether oxygens (including phenoxy) is 1. The summed E-state index contributed by atoms with van der Waals surface area (Å²) >= 11 is 1.10. The molecule has 1 aliphatic heterocycles. The minimum Gasteiger partial charge on any atom is -0.378 e. The first-order valence-corrected chi connectivity index (χ1v) is 9.34. The summed E-state index contributed by atoms with van der Waals surface area (Å²) in [6.45, 7) is 1.68. The minimum absolute atomic E-state index is 0.0856. The van der Waals surface area contributed by atoms with Crippen molar-refractivity contribution < 1.29 is 27.1 Å². The van der Waals surface area contributed by atoms with Crippen molar-refractivity contribution in [1.29, 1.82) is 0 Å². The fourth-order valence-electron chi connectivity index (χ4n) is 2.68. The third-order valence-corrected chi connectivity index (χ3v) is 5.11. The number of morpholine rings is 1. The molecule has 8 heteroatoms. The first kappa shape index (κ1) is 20.4. The van der Waals surface area contributed by atoms with E-state index in [-0.39, 0.29) is 11.5 Å². The van der Waals surface area contributed by atoms with Gasteiger partial charge >= 0.3 is 6.18 Å². The van der Waals surface area contributed by atoms with Crippen molar-refractivity contribution in [3.05, 3.63) is 65.5 Å². The summed E-state index contributed by atoms with van der Waals surface area (Å²) in [7, 11) is 0. The summed E-state index contributed by atoms with van der Waals surface area (Å²) in [4.78, 5) is 14.7. The number of nitrogens with zero attached hydrogens (tertiary/aromatic N) is 1. The molecule has 2 aromatic carbocycles. The molecule has 0 radical (unpaired) electrons. The molecule has 2 aromatic rings. The van der Waals surface area contributed by atoms with Crippen LogP contribution in [0.3, 0.4) is 0 Å². The third-order valence-electron chi connectivity index (χ3n) is 4.11. The third kappa shape index (κ3) is 5.36. The summed E-state index contributed by atoms with van der Waals surface area (Å²) in [6, 6.07) is 9.42. The van der Waals surface area contributed by atoms with E-state index in [1.807, 2.05) is 0 Å². The van der Waals surface area contributed by atoms with Crippen LogP contribution in [0.4, 0.5) is 17.6 Å². The lowest BCUT2D eigenvalue weighted by atomic mass is 10.1. The van der Waals surface area contributed by atoms with Crippen molar-refractivity contribution in [1.82, 2.24) is 4.90 Å². The van der Waals surface area contributed by atoms with Crippen molar-refractivity contribution in [2.75, 3.05) is 26.3 Å². The Balaban J connectivity index is 1.81. The van der Waals surface area contributed by atoms with Crippen molar-refractivity contribution in [3.8, 4) is 0 Å². The van der Waals surface area contributed by atoms with Crippen molar-refractivity contribution in [3.63, 3.8) is 0 Å². The maximum Gasteiger partial charge on any atom is 0.417 e. The van der Waals surface area contributed by atoms with Gasteiger partial charge in [-0.3, -0.25) is 4.79 Å². The van der Waals surface area contributed by atoms with Crippen molar-refractivity contribution in [2.24, 2.45) is 0 Å². The number of carbonyl (C=O) groups excluding carboxylic acids is 1. The monoisotopic (exact) mass is 411 g/mol. The highest BCUT2D eigenvalue weighted by molar-refractivity contribution is 7.99. The molecule has 0 unspecified atom stereocenters. The van der Waals surface area contributed by atoms with E-state index in [0.29, 0.717) is 36.1 Å². The Labute approximate surface area is 164 Å². The number of carbonyl (C=O) groups is 1. The van der Waals surface area contributed by atoms with Gasteiger partial charge in [-0.1, -0.05) is 17.8 Å². The molecule has 1 saturated heterocycles. The maximum absolute atomic E-state index is 13.5. The molecule has 28 heavy (non-hydrogen) atoms. The normalized spacial score (nSPS) is 15.2. The predicted octanol–water partition coefficient (Wildman–Crippen LogP) is 4.87. The van der Waals surface area contributed by atoms with E-state index in [2.05, 4.69) is 0 Å². The topological polar surface area (TPSA) is 29.5 Å². The van der Waals surface area contributed by atoms with E-state index in [0.717, 1.165) is 23.9 Å². The molecule has 1 amide bonds. The Bertz CT molecular complexity index is 859. The van der Waals surface area contributed by atoms with Crippen LogP contribution in [0.2, 0.25) is 0 Å². The molecule has 1 fully saturated rings. The molecule has 1 heterocycles. The van der Waals surface area contributed by atoms with Crippen LogP contribution >= 0.6 is 11.8 Å². The predicted molar refractivity (Wildman–Crippen MR) is 98.4 cm³/mol. The molecule has 0 N–H and O–H groups in total. The van der Waals surface area contributed by atoms with Gasteiger partial charge in [0.2, 0.25) is 5.91 Å². The van der Waals surface area contributed by atoms with Crippen LogP contribution in [0.25, 0.3) is 6.08 Å². The summed E-state index contributed by atoms with van der Waals surface area (Å²) in [6.07, 6.45) is -2.23. The molecular formula is C20H17F4NO2S. The van der Waals surface area contributed by atoms with Crippen LogP contribution in [0.15, 0.2) is 58.3 Å². The highest BCUT2D eigenvalue weighted by Gasteiger charge is 2.33. The molecule has 3 rings (SSSR count). The lowest BCUT2D eigenvalue weighted by molar-refractivity contribution is -0.138. The van der Waals surface area contributed by atoms with E-state index in [9.17, 15) is 22.4 Å². The van der Waals surface area contributed by atoms with Crippen LogP contribution in [0.1, 0.15) is 11.1 Å². The van der Waals surface area contributed by atoms with Gasteiger partial charge in [-0.15, -0.1) is 0 Å². The van der Waals surface area contributed by atoms with E-state index >= 15 is 0 Å². The number of hydrogen-bond acceptors (Lipinski definition) is 3. The average Bonchev–Trinajstić information content (AvgIpc) is 2.68. The molecular weight excluding hydrogens is 394 g/mol. The van der Waals surface area contributed by atoms with Gasteiger partial charge in [0, 0.05) is 29.0 Å². The summed E-state index contributed by atoms with van der Waals surface area (Å²) in [5, 5.41) is 0. The second-order valence-electron chi connectivity index (χ2n) is 6.07. The van der Waals surface area contributed by atoms with E-state index in [1.54, 1.807) is 6.07 Å². The number of alkyl halides is 3. The van der Waals surface area contributed by atoms with Gasteiger partial charge in [0.05, 0.1) is 18.8 Å². The first-order valence-electron chi connectivity index (χ1n) is 8.52. The van der Waals surface area contributed by atoms with Crippen LogP contribution < -0.4 is 0 Å². The number of benzene rings is 2. The van der Waals surface area contributed by atoms with Gasteiger partial charge < -0.3 is 9.64 Å². The van der Waals surface area contributed by atoms with Gasteiger partial charge in [-0.05, 0) is 48.0 Å². The zero-order valence-corrected chi connectivity index (χ0v) is 15.5. The number of rotatable bonds is 4. The maximum atomic E-state index is 13.5. The molecule has 148 valence electrons. The quantitative estimate of drug-likeness (QED) is 0.531. The standard InChI is InChI=1S/C20H17F4NO2S/c21-15-3-6-16(7-4-15)28-17-5-1-14(18(13-17)20(22,23)24)2-8-19(26)25-9-11-27-12-10-25/h1-8,13H,9-12H2/b8-2+. The lowest BCUT2D eigenvalue weighted by Gasteiger charge is -2.25.